The summed E-state index contributed by atoms with van der Waals surface area (Å²) in [6.45, 7) is 2.58. The summed E-state index contributed by atoms with van der Waals surface area (Å²) in [6, 6.07) is 9.37. The Labute approximate surface area is 149 Å². The fourth-order valence-electron chi connectivity index (χ4n) is 1.98. The van der Waals surface area contributed by atoms with Crippen LogP contribution in [0, 0.1) is 0 Å². The molecule has 0 saturated carbocycles. The van der Waals surface area contributed by atoms with Crippen LogP contribution in [0.5, 0.6) is 0 Å². The quantitative estimate of drug-likeness (QED) is 0.750. The van der Waals surface area contributed by atoms with Crippen molar-refractivity contribution >= 4 is 50.3 Å². The number of thiophene rings is 1. The zero-order valence-electron chi connectivity index (χ0n) is 12.3. The molecule has 0 radical (unpaired) electrons. The highest BCUT2D eigenvalue weighted by Gasteiger charge is 2.23. The predicted octanol–water partition coefficient (Wildman–Crippen LogP) is 3.88. The number of halogens is 2. The maximum Gasteiger partial charge on any atom is 0.238 e. The molecule has 0 aliphatic heterocycles. The van der Waals surface area contributed by atoms with Gasteiger partial charge in [0.1, 0.15) is 5.75 Å². The SMILES string of the molecule is CCN(Cc1ccc(Cl)s1)C(=O)CS(=O)(=O)c1ccc(Cl)cc1. The van der Waals surface area contributed by atoms with Gasteiger partial charge in [-0.25, -0.2) is 8.42 Å². The Bertz CT molecular complexity index is 785. The Hall–Kier alpha value is -1.08. The van der Waals surface area contributed by atoms with Gasteiger partial charge in [0, 0.05) is 16.4 Å². The molecular formula is C15H15Cl2NO3S2. The lowest BCUT2D eigenvalue weighted by Crippen LogP contribution is -2.35. The second-order valence-corrected chi connectivity index (χ2v) is 9.05. The zero-order chi connectivity index (χ0) is 17.0. The number of benzene rings is 1. The van der Waals surface area contributed by atoms with Gasteiger partial charge in [-0.2, -0.15) is 0 Å². The third kappa shape index (κ3) is 4.94. The minimum absolute atomic E-state index is 0.0884. The van der Waals surface area contributed by atoms with Crippen molar-refractivity contribution in [2.75, 3.05) is 12.3 Å². The molecule has 0 atom stereocenters. The molecule has 0 aliphatic carbocycles. The van der Waals surface area contributed by atoms with Crippen LogP contribution in [0.2, 0.25) is 9.36 Å². The molecule has 0 fully saturated rings. The maximum absolute atomic E-state index is 12.3. The second kappa shape index (κ2) is 7.66. The molecule has 2 aromatic rings. The number of carbonyl (C=O) groups excluding carboxylic acids is 1. The van der Waals surface area contributed by atoms with Gasteiger partial charge in [0.15, 0.2) is 9.84 Å². The molecule has 1 aromatic heterocycles. The third-order valence-corrected chi connectivity index (χ3v) is 6.28. The molecule has 0 bridgehead atoms. The number of rotatable bonds is 6. The summed E-state index contributed by atoms with van der Waals surface area (Å²) in [5, 5.41) is 0.444. The van der Waals surface area contributed by atoms with Gasteiger partial charge in [0.2, 0.25) is 5.91 Å². The van der Waals surface area contributed by atoms with E-state index in [2.05, 4.69) is 0 Å². The molecular weight excluding hydrogens is 377 g/mol. The van der Waals surface area contributed by atoms with Crippen LogP contribution in [0.4, 0.5) is 0 Å². The lowest BCUT2D eigenvalue weighted by molar-refractivity contribution is -0.128. The molecule has 0 N–H and O–H groups in total. The first kappa shape index (κ1) is 18.3. The van der Waals surface area contributed by atoms with E-state index in [-0.39, 0.29) is 4.90 Å². The highest BCUT2D eigenvalue weighted by Crippen LogP contribution is 2.23. The van der Waals surface area contributed by atoms with Crippen molar-refractivity contribution in [3.8, 4) is 0 Å². The number of carbonyl (C=O) groups is 1. The van der Waals surface area contributed by atoms with Crippen LogP contribution >= 0.6 is 34.5 Å². The van der Waals surface area contributed by atoms with E-state index in [9.17, 15) is 13.2 Å². The average Bonchev–Trinajstić information content (AvgIpc) is 2.90. The van der Waals surface area contributed by atoms with Crippen LogP contribution in [-0.2, 0) is 21.2 Å². The first-order valence-corrected chi connectivity index (χ1v) is 10.0. The van der Waals surface area contributed by atoms with Crippen molar-refractivity contribution in [2.24, 2.45) is 0 Å². The van der Waals surface area contributed by atoms with Gasteiger partial charge in [-0.3, -0.25) is 4.79 Å². The predicted molar refractivity (Wildman–Crippen MR) is 93.9 cm³/mol. The van der Waals surface area contributed by atoms with Gasteiger partial charge in [-0.05, 0) is 43.3 Å². The number of hydrogen-bond acceptors (Lipinski definition) is 4. The standard InChI is InChI=1S/C15H15Cl2NO3S2/c1-2-18(9-12-5-8-14(17)22-12)15(19)10-23(20,21)13-6-3-11(16)4-7-13/h3-8H,2,9-10H2,1H3. The van der Waals surface area contributed by atoms with E-state index in [1.807, 2.05) is 13.0 Å². The van der Waals surface area contributed by atoms with E-state index in [4.69, 9.17) is 23.2 Å². The van der Waals surface area contributed by atoms with E-state index in [0.29, 0.717) is 22.4 Å². The molecule has 0 aliphatic rings. The Morgan fingerprint density at radius 2 is 1.78 bits per heavy atom. The van der Waals surface area contributed by atoms with Crippen molar-refractivity contribution in [3.63, 3.8) is 0 Å². The molecule has 1 aromatic carbocycles. The van der Waals surface area contributed by atoms with Crippen LogP contribution in [0.1, 0.15) is 11.8 Å². The third-order valence-electron chi connectivity index (χ3n) is 3.20. The van der Waals surface area contributed by atoms with Crippen molar-refractivity contribution in [3.05, 3.63) is 50.6 Å². The van der Waals surface area contributed by atoms with Crippen LogP contribution in [0.3, 0.4) is 0 Å². The molecule has 0 spiro atoms. The summed E-state index contributed by atoms with van der Waals surface area (Å²) >= 11 is 13.0. The van der Waals surface area contributed by atoms with E-state index in [0.717, 1.165) is 4.88 Å². The van der Waals surface area contributed by atoms with Crippen LogP contribution in [0.15, 0.2) is 41.3 Å². The zero-order valence-corrected chi connectivity index (χ0v) is 15.5. The summed E-state index contributed by atoms with van der Waals surface area (Å²) in [4.78, 5) is 14.8. The Morgan fingerprint density at radius 3 is 2.30 bits per heavy atom. The largest absolute Gasteiger partial charge is 0.337 e. The topological polar surface area (TPSA) is 54.5 Å². The van der Waals surface area contributed by atoms with E-state index < -0.39 is 21.5 Å². The highest BCUT2D eigenvalue weighted by atomic mass is 35.5. The fourth-order valence-corrected chi connectivity index (χ4v) is 4.43. The fraction of sp³-hybridized carbons (Fsp3) is 0.267. The van der Waals surface area contributed by atoms with E-state index in [1.165, 1.54) is 40.5 Å². The Balaban J connectivity index is 2.10. The van der Waals surface area contributed by atoms with Crippen molar-refractivity contribution in [1.29, 1.82) is 0 Å². The summed E-state index contributed by atoms with van der Waals surface area (Å²) in [5.74, 6) is -1.01. The monoisotopic (exact) mass is 391 g/mol. The number of sulfone groups is 1. The molecule has 0 unspecified atom stereocenters. The van der Waals surface area contributed by atoms with Gasteiger partial charge < -0.3 is 4.90 Å². The van der Waals surface area contributed by atoms with Gasteiger partial charge in [0.05, 0.1) is 15.8 Å². The number of amides is 1. The number of nitrogens with zero attached hydrogens (tertiary/aromatic N) is 1. The normalized spacial score (nSPS) is 11.4. The molecule has 0 saturated heterocycles. The summed E-state index contributed by atoms with van der Waals surface area (Å²) in [6.07, 6.45) is 0. The lowest BCUT2D eigenvalue weighted by Gasteiger charge is -2.20. The molecule has 124 valence electrons. The van der Waals surface area contributed by atoms with Gasteiger partial charge >= 0.3 is 0 Å². The van der Waals surface area contributed by atoms with Crippen molar-refractivity contribution < 1.29 is 13.2 Å². The minimum atomic E-state index is -3.69. The Kier molecular flexibility index (Phi) is 6.08. The average molecular weight is 392 g/mol. The van der Waals surface area contributed by atoms with Crippen LogP contribution in [0.25, 0.3) is 0 Å². The molecule has 4 nitrogen and oxygen atoms in total. The van der Waals surface area contributed by atoms with Gasteiger partial charge in [-0.1, -0.05) is 23.2 Å². The summed E-state index contributed by atoms with van der Waals surface area (Å²) in [7, 11) is -3.69. The molecule has 8 heteroatoms. The first-order valence-electron chi connectivity index (χ1n) is 6.82. The smallest absolute Gasteiger partial charge is 0.238 e. The van der Waals surface area contributed by atoms with Gasteiger partial charge in [0.25, 0.3) is 0 Å². The lowest BCUT2D eigenvalue weighted by atomic mass is 10.4. The highest BCUT2D eigenvalue weighted by molar-refractivity contribution is 7.92. The number of hydrogen-bond donors (Lipinski definition) is 0. The molecule has 1 amide bonds. The molecule has 1 heterocycles. The van der Waals surface area contributed by atoms with Crippen molar-refractivity contribution in [2.45, 2.75) is 18.4 Å². The molecule has 23 heavy (non-hydrogen) atoms. The minimum Gasteiger partial charge on any atom is -0.337 e. The Morgan fingerprint density at radius 1 is 1.13 bits per heavy atom. The van der Waals surface area contributed by atoms with Crippen LogP contribution in [-0.4, -0.2) is 31.5 Å². The molecule has 2 rings (SSSR count). The maximum atomic E-state index is 12.3. The van der Waals surface area contributed by atoms with Gasteiger partial charge in [-0.15, -0.1) is 11.3 Å². The van der Waals surface area contributed by atoms with Crippen molar-refractivity contribution in [1.82, 2.24) is 4.90 Å². The van der Waals surface area contributed by atoms with E-state index >= 15 is 0 Å². The van der Waals surface area contributed by atoms with Crippen LogP contribution < -0.4 is 0 Å². The van der Waals surface area contributed by atoms with E-state index in [1.54, 1.807) is 6.07 Å². The second-order valence-electron chi connectivity index (χ2n) is 4.83. The summed E-state index contributed by atoms with van der Waals surface area (Å²) < 4.78 is 25.3. The summed E-state index contributed by atoms with van der Waals surface area (Å²) in [5.41, 5.74) is 0. The first-order chi connectivity index (χ1) is 10.8.